The van der Waals surface area contributed by atoms with Gasteiger partial charge in [-0.1, -0.05) is 26.0 Å². The first-order valence-electron chi connectivity index (χ1n) is 5.30. The lowest BCUT2D eigenvalue weighted by Crippen LogP contribution is -2.30. The molecule has 1 unspecified atom stereocenters. The molecule has 0 spiro atoms. The average Bonchev–Trinajstić information content (AvgIpc) is 2.26. The van der Waals surface area contributed by atoms with Gasteiger partial charge in [-0.25, -0.2) is 4.39 Å². The smallest absolute Gasteiger partial charge is 0.423 e. The predicted octanol–water partition coefficient (Wildman–Crippen LogP) is 1.54. The largest absolute Gasteiger partial charge is 0.488 e. The van der Waals surface area contributed by atoms with E-state index in [0.29, 0.717) is 16.6 Å². The highest BCUT2D eigenvalue weighted by molar-refractivity contribution is 7.99. The van der Waals surface area contributed by atoms with E-state index in [0.717, 1.165) is 6.42 Å². The van der Waals surface area contributed by atoms with Gasteiger partial charge in [0.2, 0.25) is 0 Å². The molecule has 0 amide bonds. The van der Waals surface area contributed by atoms with Crippen molar-refractivity contribution >= 4 is 24.3 Å². The Labute approximate surface area is 100 Å². The van der Waals surface area contributed by atoms with Gasteiger partial charge in [-0.3, -0.25) is 0 Å². The van der Waals surface area contributed by atoms with Crippen molar-refractivity contribution in [3.05, 3.63) is 29.6 Å². The zero-order valence-electron chi connectivity index (χ0n) is 9.48. The van der Waals surface area contributed by atoms with Crippen LogP contribution in [0.25, 0.3) is 0 Å². The van der Waals surface area contributed by atoms with Crippen LogP contribution in [0.15, 0.2) is 18.2 Å². The molecule has 1 rings (SSSR count). The predicted molar refractivity (Wildman–Crippen MR) is 67.3 cm³/mol. The minimum Gasteiger partial charge on any atom is -0.423 e. The highest BCUT2D eigenvalue weighted by atomic mass is 32.2. The van der Waals surface area contributed by atoms with Gasteiger partial charge in [0.25, 0.3) is 0 Å². The van der Waals surface area contributed by atoms with Crippen molar-refractivity contribution in [1.82, 2.24) is 0 Å². The molecule has 0 heterocycles. The van der Waals surface area contributed by atoms with Gasteiger partial charge in [-0.05, 0) is 23.5 Å². The van der Waals surface area contributed by atoms with Crippen LogP contribution in [0.3, 0.4) is 0 Å². The lowest BCUT2D eigenvalue weighted by molar-refractivity contribution is 0.425. The number of hydrogen-bond donors (Lipinski definition) is 2. The van der Waals surface area contributed by atoms with E-state index in [1.807, 2.05) is 0 Å². The van der Waals surface area contributed by atoms with Crippen LogP contribution < -0.4 is 5.46 Å². The fourth-order valence-corrected chi connectivity index (χ4v) is 2.13. The third kappa shape index (κ3) is 3.81. The number of rotatable bonds is 5. The Morgan fingerprint density at radius 2 is 2.12 bits per heavy atom. The molecule has 0 aliphatic carbocycles. The second-order valence-electron chi connectivity index (χ2n) is 3.75. The first-order valence-corrected chi connectivity index (χ1v) is 6.35. The minimum atomic E-state index is -1.61. The second kappa shape index (κ2) is 6.28. The summed E-state index contributed by atoms with van der Waals surface area (Å²) in [4.78, 5) is 0. The van der Waals surface area contributed by atoms with Crippen LogP contribution in [-0.4, -0.2) is 22.4 Å². The number of hydrogen-bond acceptors (Lipinski definition) is 3. The molecule has 0 radical (unpaired) electrons. The molecule has 0 fully saturated rings. The summed E-state index contributed by atoms with van der Waals surface area (Å²) in [5.74, 6) is 0.240. The quantitative estimate of drug-likeness (QED) is 0.769. The molecule has 1 aromatic carbocycles. The Morgan fingerprint density at radius 3 is 2.62 bits per heavy atom. The maximum absolute atomic E-state index is 13.5. The molecule has 0 bridgehead atoms. The Kier molecular flexibility index (Phi) is 5.32. The van der Waals surface area contributed by atoms with E-state index in [2.05, 4.69) is 13.8 Å². The summed E-state index contributed by atoms with van der Waals surface area (Å²) in [5.41, 5.74) is 0.796. The van der Waals surface area contributed by atoms with Gasteiger partial charge in [-0.15, -0.1) is 0 Å². The summed E-state index contributed by atoms with van der Waals surface area (Å²) in [6.07, 6.45) is 1.06. The fraction of sp³-hybridized carbons (Fsp3) is 0.455. The number of thioether (sulfide) groups is 1. The SMILES string of the molecule is CCC(C)SCc1ccc(B(O)O)cc1F. The second-order valence-corrected chi connectivity index (χ2v) is 5.18. The lowest BCUT2D eigenvalue weighted by atomic mass is 9.80. The normalized spacial score (nSPS) is 12.6. The highest BCUT2D eigenvalue weighted by Gasteiger charge is 2.13. The first-order chi connectivity index (χ1) is 7.54. The van der Waals surface area contributed by atoms with Crippen molar-refractivity contribution in [2.75, 3.05) is 0 Å². The third-order valence-corrected chi connectivity index (χ3v) is 3.85. The summed E-state index contributed by atoms with van der Waals surface area (Å²) in [6.45, 7) is 4.20. The molecule has 1 atom stereocenters. The molecule has 0 aliphatic rings. The highest BCUT2D eigenvalue weighted by Crippen LogP contribution is 2.20. The van der Waals surface area contributed by atoms with E-state index in [4.69, 9.17) is 10.0 Å². The molecule has 0 aliphatic heterocycles. The minimum absolute atomic E-state index is 0.190. The topological polar surface area (TPSA) is 40.5 Å². The van der Waals surface area contributed by atoms with Gasteiger partial charge < -0.3 is 10.0 Å². The maximum Gasteiger partial charge on any atom is 0.488 e. The molecule has 2 nitrogen and oxygen atoms in total. The zero-order valence-corrected chi connectivity index (χ0v) is 10.3. The van der Waals surface area contributed by atoms with Crippen molar-refractivity contribution in [2.45, 2.75) is 31.3 Å². The van der Waals surface area contributed by atoms with Crippen LogP contribution in [0.4, 0.5) is 4.39 Å². The van der Waals surface area contributed by atoms with Crippen molar-refractivity contribution in [3.8, 4) is 0 Å². The summed E-state index contributed by atoms with van der Waals surface area (Å²) in [5, 5.41) is 18.3. The first kappa shape index (κ1) is 13.5. The Bertz CT molecular complexity index is 347. The van der Waals surface area contributed by atoms with E-state index in [1.54, 1.807) is 23.9 Å². The van der Waals surface area contributed by atoms with Gasteiger partial charge in [0.15, 0.2) is 0 Å². The lowest BCUT2D eigenvalue weighted by Gasteiger charge is -2.09. The summed E-state index contributed by atoms with van der Waals surface area (Å²) in [7, 11) is -1.61. The summed E-state index contributed by atoms with van der Waals surface area (Å²) >= 11 is 1.69. The fourth-order valence-electron chi connectivity index (χ4n) is 1.19. The van der Waals surface area contributed by atoms with E-state index in [-0.39, 0.29) is 11.3 Å². The summed E-state index contributed by atoms with van der Waals surface area (Å²) < 4.78 is 13.5. The van der Waals surface area contributed by atoms with Crippen molar-refractivity contribution in [3.63, 3.8) is 0 Å². The third-order valence-electron chi connectivity index (χ3n) is 2.47. The summed E-state index contributed by atoms with van der Waals surface area (Å²) in [6, 6.07) is 4.33. The van der Waals surface area contributed by atoms with Crippen LogP contribution in [0.1, 0.15) is 25.8 Å². The maximum atomic E-state index is 13.5. The molecule has 0 saturated carbocycles. The van der Waals surface area contributed by atoms with E-state index in [1.165, 1.54) is 6.07 Å². The van der Waals surface area contributed by atoms with Gasteiger partial charge in [0, 0.05) is 11.0 Å². The monoisotopic (exact) mass is 242 g/mol. The van der Waals surface area contributed by atoms with Gasteiger partial charge in [0.05, 0.1) is 0 Å². The van der Waals surface area contributed by atoms with Gasteiger partial charge in [-0.2, -0.15) is 11.8 Å². The van der Waals surface area contributed by atoms with Crippen LogP contribution >= 0.6 is 11.8 Å². The van der Waals surface area contributed by atoms with E-state index >= 15 is 0 Å². The van der Waals surface area contributed by atoms with E-state index < -0.39 is 7.12 Å². The van der Waals surface area contributed by atoms with Crippen molar-refractivity contribution in [1.29, 1.82) is 0 Å². The Hall–Kier alpha value is -0.515. The Morgan fingerprint density at radius 1 is 1.44 bits per heavy atom. The zero-order chi connectivity index (χ0) is 12.1. The number of benzene rings is 1. The molecule has 1 aromatic rings. The Balaban J connectivity index is 2.68. The average molecular weight is 242 g/mol. The van der Waals surface area contributed by atoms with Crippen LogP contribution in [0.5, 0.6) is 0 Å². The van der Waals surface area contributed by atoms with Crippen LogP contribution in [0.2, 0.25) is 0 Å². The molecular weight excluding hydrogens is 226 g/mol. The molecule has 2 N–H and O–H groups in total. The molecular formula is C11H16BFO2S. The van der Waals surface area contributed by atoms with Crippen LogP contribution in [-0.2, 0) is 5.75 Å². The molecule has 88 valence electrons. The molecule has 16 heavy (non-hydrogen) atoms. The van der Waals surface area contributed by atoms with Gasteiger partial charge in [0.1, 0.15) is 5.82 Å². The standard InChI is InChI=1S/C11H16BFO2S/c1-3-8(2)16-7-9-4-5-10(12(14)15)6-11(9)13/h4-6,8,14-15H,3,7H2,1-2H3. The molecule has 5 heteroatoms. The number of halogens is 1. The van der Waals surface area contributed by atoms with E-state index in [9.17, 15) is 4.39 Å². The molecule has 0 aromatic heterocycles. The van der Waals surface area contributed by atoms with Crippen molar-refractivity contribution < 1.29 is 14.4 Å². The van der Waals surface area contributed by atoms with Gasteiger partial charge >= 0.3 is 7.12 Å². The van der Waals surface area contributed by atoms with Crippen molar-refractivity contribution in [2.24, 2.45) is 0 Å². The van der Waals surface area contributed by atoms with Crippen LogP contribution in [0, 0.1) is 5.82 Å². The molecule has 0 saturated heterocycles.